The third-order valence-corrected chi connectivity index (χ3v) is 14.0. The standard InChI is InChI=1S/C28H35F3N2O.C25H28F3NO2.C4H7NO2.CO2/c1-3-22-17-24(11-12-25(22)18-33-14-7-15-33)20(2)32-34-19-21-10-13-26(23-8-5-4-6-9-23)27(16-21)28(29,30)31;1-3-19-14-21(10-11-22(19)15-30)17(2)29-31-16-18-9-12-23(20-7-5-4-6-8-20)24(13-18)25(26,27)28;6-4(7)3-1-5-2-3;2-1-3/h10-13,16-17,23H,3-9,14-15,18-19H2,1-2H3;9-15,20H,3-8,16H2,1-2H3;3,5H,1-2H2,(H,6,7);/b32-20+;29-17+;;/i2*2D3;;. The molecule has 4 aliphatic rings. The van der Waals surface area contributed by atoms with E-state index < -0.39 is 43.2 Å². The molecule has 8 rings (SSSR count). The van der Waals surface area contributed by atoms with Gasteiger partial charge < -0.3 is 20.1 Å². The number of halogens is 6. The normalized spacial score (nSPS) is 18.3. The number of carbonyl (C=O) groups excluding carboxylic acids is 3. The van der Waals surface area contributed by atoms with Crippen LogP contribution in [0, 0.1) is 5.92 Å². The Kier molecular flexibility index (Phi) is 19.9. The van der Waals surface area contributed by atoms with Gasteiger partial charge >= 0.3 is 24.5 Å². The third kappa shape index (κ3) is 18.0. The fourth-order valence-electron chi connectivity index (χ4n) is 9.54. The maximum Gasteiger partial charge on any atom is 0.416 e. The molecule has 0 amide bonds. The van der Waals surface area contributed by atoms with Crippen LogP contribution in [0.15, 0.2) is 83.1 Å². The molecule has 0 bridgehead atoms. The number of aryl methyl sites for hydroxylation is 2. The van der Waals surface area contributed by atoms with Crippen molar-refractivity contribution >= 4 is 29.8 Å². The van der Waals surface area contributed by atoms with E-state index in [0.29, 0.717) is 59.2 Å². The Labute approximate surface area is 444 Å². The third-order valence-electron chi connectivity index (χ3n) is 14.0. The predicted octanol–water partition coefficient (Wildman–Crippen LogP) is 13.2. The lowest BCUT2D eigenvalue weighted by atomic mass is 9.81. The number of hydrogen-bond acceptors (Lipinski definition) is 10. The topological polar surface area (TPSA) is 147 Å². The quantitative estimate of drug-likeness (QED) is 0.0484. The Morgan fingerprint density at radius 1 is 0.693 bits per heavy atom. The number of likely N-dealkylation sites (tertiary alicyclic amines) is 1. The maximum atomic E-state index is 13.9. The smallest absolute Gasteiger partial charge is 0.416 e. The van der Waals surface area contributed by atoms with E-state index in [1.807, 2.05) is 26.0 Å². The Balaban J connectivity index is 0.000000254. The lowest BCUT2D eigenvalue weighted by molar-refractivity contribution is -0.191. The second-order valence-corrected chi connectivity index (χ2v) is 19.1. The first kappa shape index (κ1) is 51.0. The molecular formula is C58H70F6N4O7. The number of carboxylic acid groups (broad SMARTS) is 1. The number of oxime groups is 2. The van der Waals surface area contributed by atoms with Crippen LogP contribution in [0.1, 0.15) is 190 Å². The molecule has 2 aliphatic carbocycles. The first-order valence-electron chi connectivity index (χ1n) is 28.5. The van der Waals surface area contributed by atoms with Crippen molar-refractivity contribution in [2.24, 2.45) is 16.2 Å². The zero-order valence-corrected chi connectivity index (χ0v) is 42.4. The molecular weight excluding hydrogens is 979 g/mol. The monoisotopic (exact) mass is 1050 g/mol. The van der Waals surface area contributed by atoms with Crippen molar-refractivity contribution in [3.8, 4) is 0 Å². The number of hydrogen-bond donors (Lipinski definition) is 2. The summed E-state index contributed by atoms with van der Waals surface area (Å²) in [6.07, 6.45) is 3.31. The predicted molar refractivity (Wildman–Crippen MR) is 274 cm³/mol. The van der Waals surface area contributed by atoms with E-state index in [-0.39, 0.29) is 59.7 Å². The van der Waals surface area contributed by atoms with E-state index in [1.165, 1.54) is 24.6 Å². The van der Waals surface area contributed by atoms with Gasteiger partial charge in [0.15, 0.2) is 0 Å². The van der Waals surface area contributed by atoms with Gasteiger partial charge in [-0.15, -0.1) is 0 Å². The summed E-state index contributed by atoms with van der Waals surface area (Å²) < 4.78 is 130. The van der Waals surface area contributed by atoms with Crippen LogP contribution in [0.3, 0.4) is 0 Å². The highest BCUT2D eigenvalue weighted by Crippen LogP contribution is 2.43. The number of carbonyl (C=O) groups is 2. The molecule has 4 fully saturated rings. The maximum absolute atomic E-state index is 13.9. The average Bonchev–Trinajstić information content (AvgIpc) is 3.42. The summed E-state index contributed by atoms with van der Waals surface area (Å²) in [6.45, 7) is 2.42. The van der Waals surface area contributed by atoms with Gasteiger partial charge in [0.2, 0.25) is 0 Å². The van der Waals surface area contributed by atoms with Crippen molar-refractivity contribution in [1.82, 2.24) is 10.2 Å². The van der Waals surface area contributed by atoms with Crippen molar-refractivity contribution in [3.05, 3.63) is 140 Å². The van der Waals surface area contributed by atoms with Crippen LogP contribution in [0.4, 0.5) is 26.3 Å². The van der Waals surface area contributed by atoms with E-state index in [4.69, 9.17) is 32.6 Å². The SMILES string of the molecule is O=C(O)C1CNC1.O=C=O.[2H]C([2H])([2H])/C(=N\OCc1ccc(C2CCCCC2)c(C(F)(F)F)c1)c1ccc(C=O)c(CC)c1.[2H]C([2H])([2H])/C(=N\OCc1ccc(C2CCCCC2)c(C(F)(F)F)c1)c1ccc(CN2CCC2)c(CC)c1. The first-order valence-corrected chi connectivity index (χ1v) is 25.5. The van der Waals surface area contributed by atoms with Crippen LogP contribution in [0.2, 0.25) is 0 Å². The van der Waals surface area contributed by atoms with E-state index in [0.717, 1.165) is 114 Å². The molecule has 0 unspecified atom stereocenters. The lowest BCUT2D eigenvalue weighted by Gasteiger charge is -2.31. The molecule has 17 heteroatoms. The molecule has 2 N–H and O–H groups in total. The van der Waals surface area contributed by atoms with E-state index in [1.54, 1.807) is 30.3 Å². The first-order chi connectivity index (χ1) is 38.3. The van der Waals surface area contributed by atoms with Gasteiger partial charge in [-0.2, -0.15) is 35.9 Å². The summed E-state index contributed by atoms with van der Waals surface area (Å²) in [6, 6.07) is 18.5. The lowest BCUT2D eigenvalue weighted by Crippen LogP contribution is -2.46. The minimum Gasteiger partial charge on any atom is -0.481 e. The van der Waals surface area contributed by atoms with Crippen molar-refractivity contribution in [2.75, 3.05) is 26.2 Å². The zero-order valence-electron chi connectivity index (χ0n) is 48.4. The van der Waals surface area contributed by atoms with Gasteiger partial charge in [-0.3, -0.25) is 14.5 Å². The zero-order chi connectivity index (χ0) is 59.5. The summed E-state index contributed by atoms with van der Waals surface area (Å²) in [5, 5.41) is 18.8. The summed E-state index contributed by atoms with van der Waals surface area (Å²) in [5.74, 6) is -0.987. The van der Waals surface area contributed by atoms with Gasteiger partial charge in [0, 0.05) is 33.4 Å². The van der Waals surface area contributed by atoms with Crippen LogP contribution in [0.5, 0.6) is 0 Å². The van der Waals surface area contributed by atoms with Crippen LogP contribution in [0.25, 0.3) is 0 Å². The molecule has 406 valence electrons. The molecule has 2 saturated carbocycles. The number of benzene rings is 4. The van der Waals surface area contributed by atoms with Gasteiger partial charge in [-0.1, -0.05) is 111 Å². The number of rotatable bonds is 16. The second-order valence-electron chi connectivity index (χ2n) is 19.1. The van der Waals surface area contributed by atoms with Crippen LogP contribution >= 0.6 is 0 Å². The van der Waals surface area contributed by atoms with Crippen LogP contribution < -0.4 is 5.32 Å². The minimum atomic E-state index is -4.49. The Bertz CT molecular complexity index is 2820. The molecule has 0 radical (unpaired) electrons. The summed E-state index contributed by atoms with van der Waals surface area (Å²) in [4.78, 5) is 50.3. The van der Waals surface area contributed by atoms with Gasteiger partial charge in [-0.05, 0) is 158 Å². The highest BCUT2D eigenvalue weighted by molar-refractivity contribution is 5.99. The Morgan fingerprint density at radius 2 is 1.16 bits per heavy atom. The Hall–Kier alpha value is -6.16. The highest BCUT2D eigenvalue weighted by Gasteiger charge is 2.37. The molecule has 0 spiro atoms. The Morgan fingerprint density at radius 3 is 1.52 bits per heavy atom. The summed E-state index contributed by atoms with van der Waals surface area (Å²) in [7, 11) is 0. The molecule has 2 aliphatic heterocycles. The molecule has 4 aromatic rings. The molecule has 0 atom stereocenters. The average molecular weight is 1060 g/mol. The van der Waals surface area contributed by atoms with Gasteiger partial charge in [-0.25, -0.2) is 0 Å². The minimum absolute atomic E-state index is 0.0858. The summed E-state index contributed by atoms with van der Waals surface area (Å²) in [5.41, 5.74) is 3.42. The molecule has 0 aromatic heterocycles. The molecule has 4 aromatic carbocycles. The fraction of sp³-hybridized carbons (Fsp3) is 0.500. The molecule has 2 heterocycles. The number of alkyl halides is 6. The van der Waals surface area contributed by atoms with Gasteiger partial charge in [0.1, 0.15) is 19.5 Å². The molecule has 2 saturated heterocycles. The number of aliphatic carboxylic acids is 1. The van der Waals surface area contributed by atoms with Gasteiger partial charge in [0.05, 0.1) is 28.5 Å². The summed E-state index contributed by atoms with van der Waals surface area (Å²) >= 11 is 0. The van der Waals surface area contributed by atoms with Crippen molar-refractivity contribution in [2.45, 2.75) is 155 Å². The number of nitrogens with one attached hydrogen (secondary N) is 1. The number of nitrogens with zero attached hydrogens (tertiary/aromatic N) is 3. The van der Waals surface area contributed by atoms with E-state index >= 15 is 0 Å². The van der Waals surface area contributed by atoms with Crippen molar-refractivity contribution < 1.29 is 68.5 Å². The number of aldehydes is 1. The second kappa shape index (κ2) is 29.2. The molecule has 11 nitrogen and oxygen atoms in total. The fourth-order valence-corrected chi connectivity index (χ4v) is 9.54. The van der Waals surface area contributed by atoms with Gasteiger partial charge in [0.25, 0.3) is 0 Å². The number of carboxylic acids is 1. The van der Waals surface area contributed by atoms with E-state index in [2.05, 4.69) is 20.5 Å². The molecule has 75 heavy (non-hydrogen) atoms. The van der Waals surface area contributed by atoms with Crippen molar-refractivity contribution in [1.29, 1.82) is 0 Å². The van der Waals surface area contributed by atoms with Crippen LogP contribution in [-0.2, 0) is 69.0 Å². The van der Waals surface area contributed by atoms with Crippen LogP contribution in [-0.4, -0.2) is 66.0 Å². The van der Waals surface area contributed by atoms with E-state index in [9.17, 15) is 35.9 Å². The largest absolute Gasteiger partial charge is 0.481 e. The highest BCUT2D eigenvalue weighted by atomic mass is 19.4. The van der Waals surface area contributed by atoms with Crippen molar-refractivity contribution in [3.63, 3.8) is 0 Å².